The molecule has 1 heterocycles. The van der Waals surface area contributed by atoms with Gasteiger partial charge >= 0.3 is 6.03 Å². The molecule has 6 nitrogen and oxygen atoms in total. The van der Waals surface area contributed by atoms with Crippen LogP contribution < -0.4 is 5.32 Å². The lowest BCUT2D eigenvalue weighted by Crippen LogP contribution is -2.49. The number of benzene rings is 1. The standard InChI is InChI=1S/C18H28N2O4/c1-4-22-8-9-23-13-16-6-5-7-17(10-16)19-18(21)20-11-14(2)24-15(3)12-20/h5-7,10,14-15H,4,8-9,11-13H2,1-3H3,(H,19,21). The summed E-state index contributed by atoms with van der Waals surface area (Å²) in [7, 11) is 0. The summed E-state index contributed by atoms with van der Waals surface area (Å²) in [6.45, 7) is 9.50. The van der Waals surface area contributed by atoms with Crippen molar-refractivity contribution in [1.82, 2.24) is 4.90 Å². The highest BCUT2D eigenvalue weighted by atomic mass is 16.5. The van der Waals surface area contributed by atoms with Crippen LogP contribution in [0.4, 0.5) is 10.5 Å². The molecule has 1 aliphatic rings. The molecule has 0 saturated carbocycles. The molecule has 1 aromatic rings. The molecule has 24 heavy (non-hydrogen) atoms. The van der Waals surface area contributed by atoms with Crippen LogP contribution >= 0.6 is 0 Å². The highest BCUT2D eigenvalue weighted by molar-refractivity contribution is 5.89. The van der Waals surface area contributed by atoms with Gasteiger partial charge in [0.1, 0.15) is 0 Å². The van der Waals surface area contributed by atoms with Gasteiger partial charge in [-0.2, -0.15) is 0 Å². The summed E-state index contributed by atoms with van der Waals surface area (Å²) in [6, 6.07) is 7.63. The minimum Gasteiger partial charge on any atom is -0.379 e. The molecular weight excluding hydrogens is 308 g/mol. The van der Waals surface area contributed by atoms with Gasteiger partial charge in [0, 0.05) is 25.4 Å². The fourth-order valence-electron chi connectivity index (χ4n) is 2.74. The van der Waals surface area contributed by atoms with E-state index in [2.05, 4.69) is 5.32 Å². The molecule has 1 saturated heterocycles. The van der Waals surface area contributed by atoms with Crippen molar-refractivity contribution < 1.29 is 19.0 Å². The molecule has 2 atom stereocenters. The van der Waals surface area contributed by atoms with E-state index in [1.807, 2.05) is 45.0 Å². The minimum absolute atomic E-state index is 0.0598. The van der Waals surface area contributed by atoms with E-state index in [0.29, 0.717) is 39.5 Å². The molecule has 0 aromatic heterocycles. The largest absolute Gasteiger partial charge is 0.379 e. The number of amides is 2. The first-order chi connectivity index (χ1) is 11.6. The number of carbonyl (C=O) groups is 1. The number of nitrogens with one attached hydrogen (secondary N) is 1. The van der Waals surface area contributed by atoms with Crippen LogP contribution in [0.3, 0.4) is 0 Å². The molecule has 1 aliphatic heterocycles. The number of carbonyl (C=O) groups excluding carboxylic acids is 1. The zero-order chi connectivity index (χ0) is 17.4. The van der Waals surface area contributed by atoms with Crippen LogP contribution in [0.2, 0.25) is 0 Å². The lowest BCUT2D eigenvalue weighted by Gasteiger charge is -2.35. The number of hydrogen-bond donors (Lipinski definition) is 1. The molecule has 2 rings (SSSR count). The Labute approximate surface area is 144 Å². The van der Waals surface area contributed by atoms with Crippen LogP contribution in [-0.2, 0) is 20.8 Å². The van der Waals surface area contributed by atoms with E-state index in [-0.39, 0.29) is 18.2 Å². The first-order valence-electron chi connectivity index (χ1n) is 8.54. The maximum atomic E-state index is 12.4. The average molecular weight is 336 g/mol. The highest BCUT2D eigenvalue weighted by Gasteiger charge is 2.25. The summed E-state index contributed by atoms with van der Waals surface area (Å²) in [5.74, 6) is 0. The van der Waals surface area contributed by atoms with E-state index in [4.69, 9.17) is 14.2 Å². The van der Waals surface area contributed by atoms with Crippen molar-refractivity contribution in [2.24, 2.45) is 0 Å². The molecule has 0 radical (unpaired) electrons. The number of morpholine rings is 1. The van der Waals surface area contributed by atoms with Gasteiger partial charge < -0.3 is 24.4 Å². The van der Waals surface area contributed by atoms with Crippen molar-refractivity contribution in [3.63, 3.8) is 0 Å². The van der Waals surface area contributed by atoms with Gasteiger partial charge in [0.2, 0.25) is 0 Å². The van der Waals surface area contributed by atoms with Crippen LogP contribution in [0.15, 0.2) is 24.3 Å². The number of nitrogens with zero attached hydrogens (tertiary/aromatic N) is 1. The lowest BCUT2D eigenvalue weighted by atomic mass is 10.2. The van der Waals surface area contributed by atoms with Crippen molar-refractivity contribution in [3.05, 3.63) is 29.8 Å². The van der Waals surface area contributed by atoms with Crippen molar-refractivity contribution in [2.45, 2.75) is 39.6 Å². The molecular formula is C18H28N2O4. The Kier molecular flexibility index (Phi) is 7.49. The van der Waals surface area contributed by atoms with Gasteiger partial charge in [-0.3, -0.25) is 0 Å². The van der Waals surface area contributed by atoms with E-state index in [0.717, 1.165) is 11.3 Å². The van der Waals surface area contributed by atoms with E-state index < -0.39 is 0 Å². The molecule has 134 valence electrons. The number of urea groups is 1. The van der Waals surface area contributed by atoms with E-state index >= 15 is 0 Å². The number of anilines is 1. The Hall–Kier alpha value is -1.63. The van der Waals surface area contributed by atoms with Gasteiger partial charge in [-0.15, -0.1) is 0 Å². The van der Waals surface area contributed by atoms with Crippen LogP contribution in [0, 0.1) is 0 Å². The monoisotopic (exact) mass is 336 g/mol. The summed E-state index contributed by atoms with van der Waals surface area (Å²) in [5.41, 5.74) is 1.80. The molecule has 1 fully saturated rings. The molecule has 6 heteroatoms. The normalized spacial score (nSPS) is 20.9. The topological polar surface area (TPSA) is 60.0 Å². The second kappa shape index (κ2) is 9.61. The van der Waals surface area contributed by atoms with Crippen LogP contribution in [0.5, 0.6) is 0 Å². The number of hydrogen-bond acceptors (Lipinski definition) is 4. The molecule has 0 bridgehead atoms. The first-order valence-corrected chi connectivity index (χ1v) is 8.54. The van der Waals surface area contributed by atoms with Crippen molar-refractivity contribution in [1.29, 1.82) is 0 Å². The SMILES string of the molecule is CCOCCOCc1cccc(NC(=O)N2CC(C)OC(C)C2)c1. The minimum atomic E-state index is -0.0913. The smallest absolute Gasteiger partial charge is 0.322 e. The van der Waals surface area contributed by atoms with Gasteiger partial charge in [0.05, 0.1) is 32.0 Å². The summed E-state index contributed by atoms with van der Waals surface area (Å²) < 4.78 is 16.5. The van der Waals surface area contributed by atoms with Crippen molar-refractivity contribution >= 4 is 11.7 Å². The maximum absolute atomic E-state index is 12.4. The Morgan fingerprint density at radius 3 is 2.67 bits per heavy atom. The van der Waals surface area contributed by atoms with Crippen LogP contribution in [0.1, 0.15) is 26.3 Å². The Morgan fingerprint density at radius 2 is 1.96 bits per heavy atom. The molecule has 2 unspecified atom stereocenters. The Morgan fingerprint density at radius 1 is 1.25 bits per heavy atom. The van der Waals surface area contributed by atoms with Gasteiger partial charge in [-0.1, -0.05) is 12.1 Å². The third kappa shape index (κ3) is 6.11. The summed E-state index contributed by atoms with van der Waals surface area (Å²) in [4.78, 5) is 14.2. The summed E-state index contributed by atoms with van der Waals surface area (Å²) in [5, 5.41) is 2.96. The third-order valence-electron chi connectivity index (χ3n) is 3.73. The van der Waals surface area contributed by atoms with Gasteiger partial charge in [0.25, 0.3) is 0 Å². The van der Waals surface area contributed by atoms with Crippen molar-refractivity contribution in [2.75, 3.05) is 38.2 Å². The maximum Gasteiger partial charge on any atom is 0.322 e. The average Bonchev–Trinajstić information content (AvgIpc) is 2.54. The van der Waals surface area contributed by atoms with Gasteiger partial charge in [-0.05, 0) is 38.5 Å². The zero-order valence-electron chi connectivity index (χ0n) is 14.8. The predicted octanol–water partition coefficient (Wildman–Crippen LogP) is 2.88. The van der Waals surface area contributed by atoms with E-state index in [1.165, 1.54) is 0 Å². The Balaban J connectivity index is 1.83. The fraction of sp³-hybridized carbons (Fsp3) is 0.611. The molecule has 0 spiro atoms. The molecule has 1 N–H and O–H groups in total. The van der Waals surface area contributed by atoms with E-state index in [9.17, 15) is 4.79 Å². The zero-order valence-corrected chi connectivity index (χ0v) is 14.8. The van der Waals surface area contributed by atoms with Crippen molar-refractivity contribution in [3.8, 4) is 0 Å². The van der Waals surface area contributed by atoms with Gasteiger partial charge in [-0.25, -0.2) is 4.79 Å². The lowest BCUT2D eigenvalue weighted by molar-refractivity contribution is -0.0530. The predicted molar refractivity (Wildman–Crippen MR) is 93.2 cm³/mol. The molecule has 0 aliphatic carbocycles. The number of ether oxygens (including phenoxy) is 3. The third-order valence-corrected chi connectivity index (χ3v) is 3.73. The molecule has 1 aromatic carbocycles. The Bertz CT molecular complexity index is 513. The highest BCUT2D eigenvalue weighted by Crippen LogP contribution is 2.15. The van der Waals surface area contributed by atoms with Crippen LogP contribution in [0.25, 0.3) is 0 Å². The summed E-state index contributed by atoms with van der Waals surface area (Å²) in [6.07, 6.45) is 0.120. The summed E-state index contributed by atoms with van der Waals surface area (Å²) >= 11 is 0. The fourth-order valence-corrected chi connectivity index (χ4v) is 2.74. The molecule has 2 amide bonds. The van der Waals surface area contributed by atoms with E-state index in [1.54, 1.807) is 4.90 Å². The second-order valence-electron chi connectivity index (χ2n) is 6.04. The number of rotatable bonds is 7. The van der Waals surface area contributed by atoms with Crippen LogP contribution in [-0.4, -0.2) is 56.0 Å². The first kappa shape index (κ1) is 18.7. The van der Waals surface area contributed by atoms with Gasteiger partial charge in [0.15, 0.2) is 0 Å². The second-order valence-corrected chi connectivity index (χ2v) is 6.04. The quantitative estimate of drug-likeness (QED) is 0.778.